The summed E-state index contributed by atoms with van der Waals surface area (Å²) >= 11 is 0. The van der Waals surface area contributed by atoms with Crippen LogP contribution in [0.1, 0.15) is 12.1 Å². The van der Waals surface area contributed by atoms with Gasteiger partial charge in [-0.1, -0.05) is 0 Å². The highest BCUT2D eigenvalue weighted by atomic mass is 16.6. The molecule has 25 heavy (non-hydrogen) atoms. The van der Waals surface area contributed by atoms with Crippen LogP contribution in [0.15, 0.2) is 18.3 Å². The Kier molecular flexibility index (Phi) is 6.06. The van der Waals surface area contributed by atoms with Crippen molar-refractivity contribution < 1.29 is 23.7 Å². The number of ether oxygens (including phenoxy) is 4. The van der Waals surface area contributed by atoms with Crippen molar-refractivity contribution in [1.82, 2.24) is 15.6 Å². The first-order valence-corrected chi connectivity index (χ1v) is 8.54. The second-order valence-corrected chi connectivity index (χ2v) is 6.19. The zero-order valence-corrected chi connectivity index (χ0v) is 14.6. The van der Waals surface area contributed by atoms with Crippen LogP contribution in [0.3, 0.4) is 0 Å². The summed E-state index contributed by atoms with van der Waals surface area (Å²) in [6.07, 6.45) is 1.90. The summed E-state index contributed by atoms with van der Waals surface area (Å²) in [5.74, 6) is 0.729. The molecule has 2 saturated heterocycles. The van der Waals surface area contributed by atoms with Crippen molar-refractivity contribution in [3.8, 4) is 5.75 Å². The number of nitrogens with one attached hydrogen (secondary N) is 2. The maximum absolute atomic E-state index is 12.0. The van der Waals surface area contributed by atoms with E-state index in [9.17, 15) is 4.79 Å². The van der Waals surface area contributed by atoms with Gasteiger partial charge in [0.15, 0.2) is 6.10 Å². The molecule has 0 saturated carbocycles. The van der Waals surface area contributed by atoms with E-state index in [1.165, 1.54) is 0 Å². The third-order valence-electron chi connectivity index (χ3n) is 4.37. The van der Waals surface area contributed by atoms with Crippen LogP contribution in [0.2, 0.25) is 0 Å². The first-order chi connectivity index (χ1) is 12.2. The minimum Gasteiger partial charge on any atom is -0.483 e. The van der Waals surface area contributed by atoms with Crippen molar-refractivity contribution in [2.24, 2.45) is 0 Å². The van der Waals surface area contributed by atoms with Gasteiger partial charge in [-0.15, -0.1) is 0 Å². The fraction of sp³-hybridized carbons (Fsp3) is 0.647. The number of fused-ring (bicyclic) bond motifs is 1. The van der Waals surface area contributed by atoms with Crippen LogP contribution in [0.5, 0.6) is 5.75 Å². The fourth-order valence-electron chi connectivity index (χ4n) is 3.08. The number of nitrogens with zero attached hydrogens (tertiary/aromatic N) is 1. The van der Waals surface area contributed by atoms with E-state index in [2.05, 4.69) is 15.6 Å². The molecule has 2 N–H and O–H groups in total. The van der Waals surface area contributed by atoms with Gasteiger partial charge in [0, 0.05) is 26.5 Å². The summed E-state index contributed by atoms with van der Waals surface area (Å²) in [5, 5.41) is 5.72. The normalized spacial score (nSPS) is 27.8. The second kappa shape index (κ2) is 8.46. The number of hydrogen-bond acceptors (Lipinski definition) is 6. The van der Waals surface area contributed by atoms with Gasteiger partial charge < -0.3 is 29.6 Å². The molecule has 0 radical (unpaired) electrons. The van der Waals surface area contributed by atoms with E-state index in [-0.39, 0.29) is 30.4 Å². The lowest BCUT2D eigenvalue weighted by Crippen LogP contribution is -2.48. The second-order valence-electron chi connectivity index (χ2n) is 6.19. The van der Waals surface area contributed by atoms with Crippen molar-refractivity contribution in [2.45, 2.75) is 37.7 Å². The van der Waals surface area contributed by atoms with Gasteiger partial charge in [-0.2, -0.15) is 0 Å². The molecule has 8 heteroatoms. The van der Waals surface area contributed by atoms with Crippen molar-refractivity contribution in [3.05, 3.63) is 24.0 Å². The third kappa shape index (κ3) is 4.39. The standard InChI is InChI=1S/C17H25N3O5/c1-11-13(5-3-6-18-11)25-14-10-24-15-12(9-23-16(14)15)20-17(21)19-7-4-8-22-2/h3,5-6,12,14-16H,4,7-10H2,1-2H3,(H2,19,20,21)/t12-,14-,15+,16+/m0/s1. The van der Waals surface area contributed by atoms with Crippen molar-refractivity contribution in [1.29, 1.82) is 0 Å². The van der Waals surface area contributed by atoms with Gasteiger partial charge in [-0.25, -0.2) is 4.79 Å². The lowest BCUT2D eigenvalue weighted by Gasteiger charge is -2.19. The maximum Gasteiger partial charge on any atom is 0.315 e. The summed E-state index contributed by atoms with van der Waals surface area (Å²) < 4.78 is 22.6. The Labute approximate surface area is 147 Å². The van der Waals surface area contributed by atoms with Gasteiger partial charge in [0.2, 0.25) is 0 Å². The topological polar surface area (TPSA) is 90.9 Å². The zero-order chi connectivity index (χ0) is 17.6. The van der Waals surface area contributed by atoms with E-state index in [4.69, 9.17) is 18.9 Å². The summed E-state index contributed by atoms with van der Waals surface area (Å²) in [5.41, 5.74) is 0.828. The molecular weight excluding hydrogens is 326 g/mol. The lowest BCUT2D eigenvalue weighted by molar-refractivity contribution is 0.0299. The minimum atomic E-state index is -0.221. The summed E-state index contributed by atoms with van der Waals surface area (Å²) in [6, 6.07) is 3.31. The van der Waals surface area contributed by atoms with Crippen molar-refractivity contribution in [3.63, 3.8) is 0 Å². The molecule has 0 aromatic carbocycles. The number of aryl methyl sites for hydroxylation is 1. The fourth-order valence-corrected chi connectivity index (χ4v) is 3.08. The van der Waals surface area contributed by atoms with Crippen LogP contribution in [-0.2, 0) is 14.2 Å². The summed E-state index contributed by atoms with van der Waals surface area (Å²) in [6.45, 7) is 3.92. The molecule has 1 aromatic rings. The molecule has 0 bridgehead atoms. The number of urea groups is 1. The monoisotopic (exact) mass is 351 g/mol. The molecule has 0 spiro atoms. The van der Waals surface area contributed by atoms with E-state index in [0.717, 1.165) is 17.9 Å². The lowest BCUT2D eigenvalue weighted by atomic mass is 10.1. The number of aromatic nitrogens is 1. The Morgan fingerprint density at radius 2 is 2.20 bits per heavy atom. The Hall–Kier alpha value is -1.90. The molecule has 138 valence electrons. The molecule has 2 amide bonds. The average molecular weight is 351 g/mol. The SMILES string of the molecule is COCCCNC(=O)N[C@H]1CO[C@H]2[C@@H]1OC[C@@H]2Oc1cccnc1C. The van der Waals surface area contributed by atoms with E-state index in [0.29, 0.717) is 26.4 Å². The molecule has 4 atom stereocenters. The number of hydrogen-bond donors (Lipinski definition) is 2. The molecule has 2 fully saturated rings. The number of carbonyl (C=O) groups excluding carboxylic acids is 1. The van der Waals surface area contributed by atoms with Gasteiger partial charge in [0.1, 0.15) is 18.0 Å². The molecule has 3 heterocycles. The van der Waals surface area contributed by atoms with Crippen molar-refractivity contribution in [2.75, 3.05) is 33.5 Å². The third-order valence-corrected chi connectivity index (χ3v) is 4.37. The Bertz CT molecular complexity index is 585. The molecule has 8 nitrogen and oxygen atoms in total. The predicted octanol–water partition coefficient (Wildman–Crippen LogP) is 0.639. The number of pyridine rings is 1. The quantitative estimate of drug-likeness (QED) is 0.701. The first kappa shape index (κ1) is 17.9. The highest BCUT2D eigenvalue weighted by molar-refractivity contribution is 5.74. The highest BCUT2D eigenvalue weighted by Crippen LogP contribution is 2.30. The number of amides is 2. The van der Waals surface area contributed by atoms with E-state index in [1.807, 2.05) is 19.1 Å². The van der Waals surface area contributed by atoms with Crippen LogP contribution in [0.4, 0.5) is 4.79 Å². The largest absolute Gasteiger partial charge is 0.483 e. The Balaban J connectivity index is 1.48. The van der Waals surface area contributed by atoms with Gasteiger partial charge in [0.05, 0.1) is 24.9 Å². The molecule has 0 aliphatic carbocycles. The van der Waals surface area contributed by atoms with E-state index >= 15 is 0 Å². The maximum atomic E-state index is 12.0. The van der Waals surface area contributed by atoms with Gasteiger partial charge in [0.25, 0.3) is 0 Å². The van der Waals surface area contributed by atoms with Crippen LogP contribution in [0.25, 0.3) is 0 Å². The number of carbonyl (C=O) groups is 1. The molecular formula is C17H25N3O5. The molecule has 1 aromatic heterocycles. The summed E-state index contributed by atoms with van der Waals surface area (Å²) in [4.78, 5) is 16.2. The number of rotatable bonds is 7. The Morgan fingerprint density at radius 1 is 1.36 bits per heavy atom. The van der Waals surface area contributed by atoms with E-state index < -0.39 is 0 Å². The molecule has 0 unspecified atom stereocenters. The van der Waals surface area contributed by atoms with Crippen LogP contribution in [-0.4, -0.2) is 68.8 Å². The van der Waals surface area contributed by atoms with Crippen LogP contribution in [0, 0.1) is 6.92 Å². The summed E-state index contributed by atoms with van der Waals surface area (Å²) in [7, 11) is 1.64. The van der Waals surface area contributed by atoms with Gasteiger partial charge >= 0.3 is 6.03 Å². The number of methoxy groups -OCH3 is 1. The predicted molar refractivity (Wildman–Crippen MR) is 89.7 cm³/mol. The smallest absolute Gasteiger partial charge is 0.315 e. The van der Waals surface area contributed by atoms with Crippen LogP contribution >= 0.6 is 0 Å². The van der Waals surface area contributed by atoms with Crippen LogP contribution < -0.4 is 15.4 Å². The molecule has 2 aliphatic heterocycles. The molecule has 2 aliphatic rings. The highest BCUT2D eigenvalue weighted by Gasteiger charge is 2.49. The first-order valence-electron chi connectivity index (χ1n) is 8.54. The van der Waals surface area contributed by atoms with Gasteiger partial charge in [-0.3, -0.25) is 4.98 Å². The minimum absolute atomic E-state index is 0.184. The van der Waals surface area contributed by atoms with Crippen molar-refractivity contribution >= 4 is 6.03 Å². The van der Waals surface area contributed by atoms with Gasteiger partial charge in [-0.05, 0) is 25.5 Å². The Morgan fingerprint density at radius 3 is 3.00 bits per heavy atom. The molecule has 3 rings (SSSR count). The van der Waals surface area contributed by atoms with E-state index in [1.54, 1.807) is 13.3 Å². The average Bonchev–Trinajstić information content (AvgIpc) is 3.18. The zero-order valence-electron chi connectivity index (χ0n) is 14.6.